The number of rotatable bonds is 5. The molecule has 0 N–H and O–H groups in total. The summed E-state index contributed by atoms with van der Waals surface area (Å²) in [5.74, 6) is 0.487. The monoisotopic (exact) mass is 479 g/mol. The van der Waals surface area contributed by atoms with Crippen LogP contribution in [-0.4, -0.2) is 72.5 Å². The van der Waals surface area contributed by atoms with Crippen LogP contribution in [-0.2, 0) is 4.74 Å². The molecule has 0 aliphatic carbocycles. The maximum absolute atomic E-state index is 14.3. The number of morpholine rings is 1. The molecule has 13 heteroatoms. The molecule has 1 aliphatic rings. The summed E-state index contributed by atoms with van der Waals surface area (Å²) in [5, 5.41) is 0. The van der Waals surface area contributed by atoms with E-state index in [0.29, 0.717) is 65.9 Å². The standard InChI is InChI=1S/C22H19F2N9O2/c1-34-15-4-2-3-14-16(15)28-21(18(23)24)33(14)20-17-19(29-22(30-20)31-5-7-35-8-6-31)32(12-27-17)13-9-25-11-26-10-13/h2-4,9-12,18H,5-8H2,1H3. The molecule has 0 saturated carbocycles. The van der Waals surface area contributed by atoms with E-state index in [-0.39, 0.29) is 5.82 Å². The van der Waals surface area contributed by atoms with Crippen molar-refractivity contribution in [2.75, 3.05) is 38.3 Å². The number of aromatic nitrogens is 8. The normalized spacial score (nSPS) is 14.3. The second kappa shape index (κ2) is 8.51. The fourth-order valence-corrected chi connectivity index (χ4v) is 4.16. The second-order valence-electron chi connectivity index (χ2n) is 7.76. The fourth-order valence-electron chi connectivity index (χ4n) is 4.16. The SMILES string of the molecule is COc1cccc2c1nc(C(F)F)n2-c1nc(N2CCOCC2)nc2c1ncn2-c1cncnc1. The van der Waals surface area contributed by atoms with E-state index in [0.717, 1.165) is 0 Å². The van der Waals surface area contributed by atoms with Crippen LogP contribution in [0.5, 0.6) is 5.75 Å². The number of halogens is 2. The third kappa shape index (κ3) is 3.51. The molecule has 11 nitrogen and oxygen atoms in total. The summed E-state index contributed by atoms with van der Waals surface area (Å²) in [6.45, 7) is 2.15. The number of hydrogen-bond donors (Lipinski definition) is 0. The first kappa shape index (κ1) is 21.3. The van der Waals surface area contributed by atoms with Crippen molar-refractivity contribution in [3.63, 3.8) is 0 Å². The number of alkyl halides is 2. The fraction of sp³-hybridized carbons (Fsp3) is 0.273. The molecule has 35 heavy (non-hydrogen) atoms. The highest BCUT2D eigenvalue weighted by Gasteiger charge is 2.27. The van der Waals surface area contributed by atoms with E-state index in [1.54, 1.807) is 41.5 Å². The minimum Gasteiger partial charge on any atom is -0.494 e. The van der Waals surface area contributed by atoms with E-state index in [1.807, 2.05) is 4.90 Å². The minimum atomic E-state index is -2.87. The Morgan fingerprint density at radius 1 is 1.03 bits per heavy atom. The minimum absolute atomic E-state index is 0.193. The number of methoxy groups -OCH3 is 1. The number of anilines is 1. The van der Waals surface area contributed by atoms with Crippen LogP contribution in [0.3, 0.4) is 0 Å². The number of fused-ring (bicyclic) bond motifs is 2. The van der Waals surface area contributed by atoms with Gasteiger partial charge in [0.25, 0.3) is 6.43 Å². The van der Waals surface area contributed by atoms with Crippen molar-refractivity contribution in [3.05, 3.63) is 49.1 Å². The summed E-state index contributed by atoms with van der Waals surface area (Å²) >= 11 is 0. The van der Waals surface area contributed by atoms with Gasteiger partial charge in [-0.15, -0.1) is 0 Å². The van der Waals surface area contributed by atoms with E-state index in [4.69, 9.17) is 19.4 Å². The Morgan fingerprint density at radius 3 is 2.57 bits per heavy atom. The molecule has 0 bridgehead atoms. The van der Waals surface area contributed by atoms with Crippen molar-refractivity contribution in [1.82, 2.24) is 39.0 Å². The smallest absolute Gasteiger partial charge is 0.296 e. The molecule has 0 amide bonds. The molecule has 0 unspecified atom stereocenters. The maximum atomic E-state index is 14.3. The second-order valence-corrected chi connectivity index (χ2v) is 7.76. The molecular weight excluding hydrogens is 460 g/mol. The number of nitrogens with zero attached hydrogens (tertiary/aromatic N) is 9. The molecular formula is C22H19F2N9O2. The van der Waals surface area contributed by atoms with Crippen LogP contribution in [0, 0.1) is 0 Å². The number of ether oxygens (including phenoxy) is 2. The molecule has 4 aromatic heterocycles. The molecule has 5 aromatic rings. The van der Waals surface area contributed by atoms with Crippen LogP contribution in [0.15, 0.2) is 43.2 Å². The lowest BCUT2D eigenvalue weighted by Gasteiger charge is -2.27. The highest BCUT2D eigenvalue weighted by atomic mass is 19.3. The molecule has 1 saturated heterocycles. The van der Waals surface area contributed by atoms with Crippen molar-refractivity contribution in [1.29, 1.82) is 0 Å². The molecule has 0 radical (unpaired) electrons. The maximum Gasteiger partial charge on any atom is 0.296 e. The Balaban J connectivity index is 1.67. The first-order chi connectivity index (χ1) is 17.2. The molecule has 1 aliphatic heterocycles. The predicted octanol–water partition coefficient (Wildman–Crippen LogP) is 2.73. The van der Waals surface area contributed by atoms with Crippen LogP contribution in [0.25, 0.3) is 33.7 Å². The van der Waals surface area contributed by atoms with Gasteiger partial charge in [-0.2, -0.15) is 9.97 Å². The Kier molecular flexibility index (Phi) is 5.17. The number of benzene rings is 1. The van der Waals surface area contributed by atoms with Gasteiger partial charge in [0.1, 0.15) is 23.9 Å². The summed E-state index contributed by atoms with van der Waals surface area (Å²) in [7, 11) is 1.47. The average molecular weight is 479 g/mol. The van der Waals surface area contributed by atoms with Gasteiger partial charge in [-0.3, -0.25) is 9.13 Å². The van der Waals surface area contributed by atoms with Gasteiger partial charge in [0.05, 0.1) is 43.9 Å². The molecule has 6 rings (SSSR count). The summed E-state index contributed by atoms with van der Waals surface area (Å²) < 4.78 is 42.4. The van der Waals surface area contributed by atoms with Crippen LogP contribution in [0.1, 0.15) is 12.2 Å². The predicted molar refractivity (Wildman–Crippen MR) is 121 cm³/mol. The molecule has 178 valence electrons. The largest absolute Gasteiger partial charge is 0.494 e. The highest BCUT2D eigenvalue weighted by Crippen LogP contribution is 2.34. The molecule has 1 aromatic carbocycles. The van der Waals surface area contributed by atoms with E-state index >= 15 is 0 Å². The first-order valence-corrected chi connectivity index (χ1v) is 10.8. The van der Waals surface area contributed by atoms with Gasteiger partial charge >= 0.3 is 0 Å². The van der Waals surface area contributed by atoms with Crippen LogP contribution >= 0.6 is 0 Å². The summed E-state index contributed by atoms with van der Waals surface area (Å²) in [6, 6.07) is 5.09. The lowest BCUT2D eigenvalue weighted by Crippen LogP contribution is -2.37. The molecule has 1 fully saturated rings. The van der Waals surface area contributed by atoms with Crippen molar-refractivity contribution >= 4 is 28.1 Å². The van der Waals surface area contributed by atoms with Gasteiger partial charge in [0, 0.05) is 13.1 Å². The Morgan fingerprint density at radius 2 is 1.83 bits per heavy atom. The van der Waals surface area contributed by atoms with Gasteiger partial charge in [-0.25, -0.2) is 28.7 Å². The third-order valence-electron chi connectivity index (χ3n) is 5.79. The number of imidazole rings is 2. The Bertz CT molecular complexity index is 1510. The van der Waals surface area contributed by atoms with Crippen LogP contribution in [0.2, 0.25) is 0 Å². The van der Waals surface area contributed by atoms with Crippen LogP contribution in [0.4, 0.5) is 14.7 Å². The average Bonchev–Trinajstić information content (AvgIpc) is 3.51. The van der Waals surface area contributed by atoms with E-state index in [2.05, 4.69) is 19.9 Å². The van der Waals surface area contributed by atoms with Crippen LogP contribution < -0.4 is 9.64 Å². The van der Waals surface area contributed by atoms with Crippen molar-refractivity contribution in [2.24, 2.45) is 0 Å². The Labute approximate surface area is 197 Å². The number of para-hydroxylation sites is 1. The van der Waals surface area contributed by atoms with E-state index in [9.17, 15) is 8.78 Å². The summed E-state index contributed by atoms with van der Waals surface area (Å²) in [4.78, 5) is 28.3. The van der Waals surface area contributed by atoms with E-state index < -0.39 is 12.2 Å². The van der Waals surface area contributed by atoms with Gasteiger partial charge < -0.3 is 14.4 Å². The quantitative estimate of drug-likeness (QED) is 0.376. The topological polar surface area (TPSA) is 109 Å². The molecule has 5 heterocycles. The van der Waals surface area contributed by atoms with Crippen molar-refractivity contribution in [2.45, 2.75) is 6.43 Å². The third-order valence-corrected chi connectivity index (χ3v) is 5.79. The first-order valence-electron chi connectivity index (χ1n) is 10.8. The molecule has 0 spiro atoms. The zero-order valence-electron chi connectivity index (χ0n) is 18.5. The zero-order chi connectivity index (χ0) is 23.9. The van der Waals surface area contributed by atoms with Crippen molar-refractivity contribution < 1.29 is 18.3 Å². The summed E-state index contributed by atoms with van der Waals surface area (Å²) in [5.41, 5.74) is 2.11. The highest BCUT2D eigenvalue weighted by molar-refractivity contribution is 5.88. The lowest BCUT2D eigenvalue weighted by atomic mass is 10.3. The number of hydrogen-bond acceptors (Lipinski definition) is 9. The lowest BCUT2D eigenvalue weighted by molar-refractivity contribution is 0.122. The van der Waals surface area contributed by atoms with Gasteiger partial charge in [0.15, 0.2) is 22.8 Å². The van der Waals surface area contributed by atoms with Gasteiger partial charge in [0.2, 0.25) is 5.95 Å². The van der Waals surface area contributed by atoms with E-state index in [1.165, 1.54) is 18.0 Å². The van der Waals surface area contributed by atoms with Gasteiger partial charge in [-0.05, 0) is 12.1 Å². The zero-order valence-corrected chi connectivity index (χ0v) is 18.5. The summed E-state index contributed by atoms with van der Waals surface area (Å²) in [6.07, 6.45) is 3.33. The van der Waals surface area contributed by atoms with Crippen molar-refractivity contribution in [3.8, 4) is 17.3 Å². The Hall–Kier alpha value is -4.26. The molecule has 0 atom stereocenters. The van der Waals surface area contributed by atoms with Gasteiger partial charge in [-0.1, -0.05) is 6.07 Å².